The fourth-order valence-corrected chi connectivity index (χ4v) is 3.36. The predicted octanol–water partition coefficient (Wildman–Crippen LogP) is 3.44. The molecular weight excluding hydrogens is 370 g/mol. The Bertz CT molecular complexity index is 609. The Morgan fingerprint density at radius 1 is 1.46 bits per heavy atom. The van der Waals surface area contributed by atoms with Crippen molar-refractivity contribution in [1.29, 1.82) is 5.26 Å². The molecule has 0 bridgehead atoms. The number of nitriles is 1. The predicted molar refractivity (Wildman–Crippen MR) is 96.8 cm³/mol. The van der Waals surface area contributed by atoms with Crippen LogP contribution in [0.4, 0.5) is 4.79 Å². The van der Waals surface area contributed by atoms with Gasteiger partial charge in [0.05, 0.1) is 12.6 Å². The van der Waals surface area contributed by atoms with E-state index in [1.807, 2.05) is 51.1 Å². The molecule has 1 aliphatic rings. The van der Waals surface area contributed by atoms with Crippen molar-refractivity contribution < 1.29 is 9.53 Å². The average molecular weight is 394 g/mol. The standard InChI is InChI=1S/C18H24BrN3O2/c1-17(2,3)24-16(23)22-13-18(12-20,9-15(22)10-19)21-11-14-7-5-4-6-8-14/h4-8,15,21H,9-11,13H2,1-3H3/t15-,18-/m0/s1. The highest BCUT2D eigenvalue weighted by Crippen LogP contribution is 2.30. The van der Waals surface area contributed by atoms with Crippen molar-refractivity contribution >= 4 is 22.0 Å². The lowest BCUT2D eigenvalue weighted by molar-refractivity contribution is 0.0235. The van der Waals surface area contributed by atoms with Crippen LogP contribution in [0.5, 0.6) is 0 Å². The maximum absolute atomic E-state index is 12.5. The van der Waals surface area contributed by atoms with Crippen molar-refractivity contribution in [2.24, 2.45) is 0 Å². The van der Waals surface area contributed by atoms with Crippen molar-refractivity contribution in [3.05, 3.63) is 35.9 Å². The lowest BCUT2D eigenvalue weighted by atomic mass is 9.98. The number of nitrogens with zero attached hydrogens (tertiary/aromatic N) is 2. The van der Waals surface area contributed by atoms with E-state index in [2.05, 4.69) is 27.3 Å². The maximum atomic E-state index is 12.5. The SMILES string of the molecule is CC(C)(C)OC(=O)N1C[C@](C#N)(NCc2ccccc2)C[C@H]1CBr. The van der Waals surface area contributed by atoms with Gasteiger partial charge in [-0.1, -0.05) is 46.3 Å². The van der Waals surface area contributed by atoms with Crippen LogP contribution >= 0.6 is 15.9 Å². The summed E-state index contributed by atoms with van der Waals surface area (Å²) in [6.45, 7) is 6.44. The Kier molecular flexibility index (Phi) is 5.89. The lowest BCUT2D eigenvalue weighted by Crippen LogP contribution is -2.47. The number of ether oxygens (including phenoxy) is 1. The fraction of sp³-hybridized carbons (Fsp3) is 0.556. The molecule has 0 radical (unpaired) electrons. The first-order valence-electron chi connectivity index (χ1n) is 8.04. The quantitative estimate of drug-likeness (QED) is 0.795. The summed E-state index contributed by atoms with van der Waals surface area (Å²) in [6.07, 6.45) is 0.200. The van der Waals surface area contributed by atoms with Gasteiger partial charge in [-0.15, -0.1) is 0 Å². The van der Waals surface area contributed by atoms with E-state index in [9.17, 15) is 10.1 Å². The molecule has 1 aromatic carbocycles. The van der Waals surface area contributed by atoms with E-state index in [0.29, 0.717) is 24.8 Å². The number of amides is 1. The van der Waals surface area contributed by atoms with Gasteiger partial charge in [0.1, 0.15) is 11.1 Å². The van der Waals surface area contributed by atoms with Crippen molar-refractivity contribution in [3.63, 3.8) is 0 Å². The number of hydrogen-bond donors (Lipinski definition) is 1. The molecule has 2 rings (SSSR count). The summed E-state index contributed by atoms with van der Waals surface area (Å²) >= 11 is 3.45. The van der Waals surface area contributed by atoms with Crippen LogP contribution in [0.15, 0.2) is 30.3 Å². The number of alkyl halides is 1. The highest BCUT2D eigenvalue weighted by molar-refractivity contribution is 9.09. The van der Waals surface area contributed by atoms with Gasteiger partial charge in [0.25, 0.3) is 0 Å². The van der Waals surface area contributed by atoms with Gasteiger partial charge < -0.3 is 9.64 Å². The molecule has 1 aromatic rings. The average Bonchev–Trinajstić information content (AvgIpc) is 2.92. The normalized spacial score (nSPS) is 23.8. The third-order valence-corrected chi connectivity index (χ3v) is 4.71. The summed E-state index contributed by atoms with van der Waals surface area (Å²) in [7, 11) is 0. The smallest absolute Gasteiger partial charge is 0.410 e. The molecule has 1 amide bonds. The molecule has 0 aromatic heterocycles. The number of carbonyl (C=O) groups is 1. The first kappa shape index (κ1) is 18.8. The van der Waals surface area contributed by atoms with Gasteiger partial charge in [-0.2, -0.15) is 5.26 Å². The van der Waals surface area contributed by atoms with Crippen molar-refractivity contribution in [2.45, 2.75) is 50.9 Å². The number of carbonyl (C=O) groups excluding carboxylic acids is 1. The number of nitrogens with one attached hydrogen (secondary N) is 1. The second kappa shape index (κ2) is 7.54. The molecule has 1 N–H and O–H groups in total. The molecule has 130 valence electrons. The van der Waals surface area contributed by atoms with Crippen LogP contribution in [0.1, 0.15) is 32.8 Å². The van der Waals surface area contributed by atoms with Crippen LogP contribution in [0, 0.1) is 11.3 Å². The van der Waals surface area contributed by atoms with E-state index >= 15 is 0 Å². The number of benzene rings is 1. The zero-order valence-corrected chi connectivity index (χ0v) is 16.0. The van der Waals surface area contributed by atoms with E-state index in [1.54, 1.807) is 4.90 Å². The van der Waals surface area contributed by atoms with Crippen LogP contribution < -0.4 is 5.32 Å². The molecule has 0 spiro atoms. The molecule has 6 heteroatoms. The summed E-state index contributed by atoms with van der Waals surface area (Å²) in [6, 6.07) is 12.2. The van der Waals surface area contributed by atoms with Crippen molar-refractivity contribution in [2.75, 3.05) is 11.9 Å². The summed E-state index contributed by atoms with van der Waals surface area (Å²) in [5, 5.41) is 13.7. The monoisotopic (exact) mass is 393 g/mol. The van der Waals surface area contributed by atoms with Crippen LogP contribution in [0.3, 0.4) is 0 Å². The molecule has 24 heavy (non-hydrogen) atoms. The largest absolute Gasteiger partial charge is 0.444 e. The first-order valence-corrected chi connectivity index (χ1v) is 9.16. The highest BCUT2D eigenvalue weighted by atomic mass is 79.9. The number of rotatable bonds is 4. The summed E-state index contributed by atoms with van der Waals surface area (Å²) in [5.41, 5.74) is -0.202. The third-order valence-electron chi connectivity index (χ3n) is 3.96. The van der Waals surface area contributed by atoms with Gasteiger partial charge in [-0.05, 0) is 26.3 Å². The minimum absolute atomic E-state index is 0.0669. The molecule has 0 unspecified atom stereocenters. The zero-order valence-electron chi connectivity index (χ0n) is 14.4. The Morgan fingerprint density at radius 2 is 2.12 bits per heavy atom. The van der Waals surface area contributed by atoms with E-state index in [4.69, 9.17) is 4.74 Å². The molecule has 0 saturated carbocycles. The summed E-state index contributed by atoms with van der Waals surface area (Å²) in [4.78, 5) is 14.1. The summed E-state index contributed by atoms with van der Waals surface area (Å²) in [5.74, 6) is 0. The number of likely N-dealkylation sites (tertiary alicyclic amines) is 1. The second-order valence-corrected chi connectivity index (χ2v) is 7.80. The molecule has 5 nitrogen and oxygen atoms in total. The Morgan fingerprint density at radius 3 is 2.67 bits per heavy atom. The maximum Gasteiger partial charge on any atom is 0.410 e. The molecular formula is C18H24BrN3O2. The highest BCUT2D eigenvalue weighted by Gasteiger charge is 2.47. The fourth-order valence-electron chi connectivity index (χ4n) is 2.78. The van der Waals surface area contributed by atoms with Crippen molar-refractivity contribution in [1.82, 2.24) is 10.2 Å². The van der Waals surface area contributed by atoms with Gasteiger partial charge in [-0.3, -0.25) is 5.32 Å². The molecule has 0 aliphatic carbocycles. The van der Waals surface area contributed by atoms with E-state index in [-0.39, 0.29) is 12.1 Å². The molecule has 1 aliphatic heterocycles. The van der Waals surface area contributed by atoms with Gasteiger partial charge >= 0.3 is 6.09 Å². The molecule has 1 heterocycles. The Labute approximate surface area is 152 Å². The van der Waals surface area contributed by atoms with Gasteiger partial charge in [-0.25, -0.2) is 4.79 Å². The molecule has 1 saturated heterocycles. The number of halogens is 1. The van der Waals surface area contributed by atoms with Crippen LogP contribution in [-0.4, -0.2) is 40.0 Å². The second-order valence-electron chi connectivity index (χ2n) is 7.15. The minimum atomic E-state index is -0.759. The van der Waals surface area contributed by atoms with Crippen LogP contribution in [0.25, 0.3) is 0 Å². The third kappa shape index (κ3) is 4.71. The molecule has 2 atom stereocenters. The first-order chi connectivity index (χ1) is 11.3. The molecule has 1 fully saturated rings. The zero-order chi connectivity index (χ0) is 17.8. The van der Waals surface area contributed by atoms with Crippen LogP contribution in [0.2, 0.25) is 0 Å². The van der Waals surface area contributed by atoms with E-state index in [0.717, 1.165) is 5.56 Å². The van der Waals surface area contributed by atoms with Crippen LogP contribution in [-0.2, 0) is 11.3 Å². The van der Waals surface area contributed by atoms with Gasteiger partial charge in [0.15, 0.2) is 0 Å². The van der Waals surface area contributed by atoms with E-state index in [1.165, 1.54) is 0 Å². The summed E-state index contributed by atoms with van der Waals surface area (Å²) < 4.78 is 5.48. The Balaban J connectivity index is 2.09. The Hall–Kier alpha value is -1.58. The van der Waals surface area contributed by atoms with E-state index < -0.39 is 11.1 Å². The topological polar surface area (TPSA) is 65.4 Å². The number of hydrogen-bond acceptors (Lipinski definition) is 4. The van der Waals surface area contributed by atoms with Gasteiger partial charge in [0.2, 0.25) is 0 Å². The van der Waals surface area contributed by atoms with Gasteiger partial charge in [0, 0.05) is 24.3 Å². The minimum Gasteiger partial charge on any atom is -0.444 e. The lowest BCUT2D eigenvalue weighted by Gasteiger charge is -2.28. The van der Waals surface area contributed by atoms with Crippen molar-refractivity contribution in [3.8, 4) is 6.07 Å².